The third-order valence-electron chi connectivity index (χ3n) is 5.83. The zero-order valence-corrected chi connectivity index (χ0v) is 16.2. The second-order valence-electron chi connectivity index (χ2n) is 7.91. The predicted molar refractivity (Wildman–Crippen MR) is 111 cm³/mol. The third kappa shape index (κ3) is 3.93. The van der Waals surface area contributed by atoms with Gasteiger partial charge in [-0.25, -0.2) is 0 Å². The zero-order chi connectivity index (χ0) is 19.6. The molecule has 29 heavy (non-hydrogen) atoms. The van der Waals surface area contributed by atoms with E-state index < -0.39 is 0 Å². The van der Waals surface area contributed by atoms with E-state index in [9.17, 15) is 5.11 Å². The normalized spacial score (nSPS) is 23.5. The molecule has 3 aromatic rings. The number of fused-ring (bicyclic) bond motifs is 2. The first-order valence-electron chi connectivity index (χ1n) is 10.3. The van der Waals surface area contributed by atoms with E-state index in [2.05, 4.69) is 20.5 Å². The van der Waals surface area contributed by atoms with Crippen LogP contribution in [0.15, 0.2) is 54.7 Å². The van der Waals surface area contributed by atoms with Gasteiger partial charge < -0.3 is 15.2 Å². The Bertz CT molecular complexity index is 966. The van der Waals surface area contributed by atoms with E-state index in [1.165, 1.54) is 19.3 Å². The average Bonchev–Trinajstić information content (AvgIpc) is 2.75. The topological polar surface area (TPSA) is 80.2 Å². The molecule has 0 aliphatic carbocycles. The molecule has 2 saturated heterocycles. The summed E-state index contributed by atoms with van der Waals surface area (Å²) in [6.07, 6.45) is 7.75. The van der Waals surface area contributed by atoms with Gasteiger partial charge in [0.25, 0.3) is 0 Å². The third-order valence-corrected chi connectivity index (χ3v) is 5.83. The Morgan fingerprint density at radius 2 is 1.79 bits per heavy atom. The molecule has 2 aromatic heterocycles. The van der Waals surface area contributed by atoms with Gasteiger partial charge in [0.2, 0.25) is 5.88 Å². The van der Waals surface area contributed by atoms with Gasteiger partial charge in [0.15, 0.2) is 0 Å². The van der Waals surface area contributed by atoms with Crippen molar-refractivity contribution >= 4 is 0 Å². The second-order valence-corrected chi connectivity index (χ2v) is 7.91. The Hall–Kier alpha value is -2.99. The van der Waals surface area contributed by atoms with Crippen LogP contribution in [0.2, 0.25) is 0 Å². The highest BCUT2D eigenvalue weighted by Gasteiger charge is 2.32. The molecule has 0 amide bonds. The molecule has 5 rings (SSSR count). The van der Waals surface area contributed by atoms with E-state index in [1.54, 1.807) is 12.3 Å². The summed E-state index contributed by atoms with van der Waals surface area (Å²) in [5.41, 5.74) is 2.93. The Morgan fingerprint density at radius 1 is 0.931 bits per heavy atom. The number of hydrogen-bond donors (Lipinski definition) is 2. The maximum Gasteiger partial charge on any atom is 0.233 e. The smallest absolute Gasteiger partial charge is 0.233 e. The number of ether oxygens (including phenoxy) is 1. The van der Waals surface area contributed by atoms with Crippen molar-refractivity contribution in [1.29, 1.82) is 0 Å². The Kier molecular flexibility index (Phi) is 4.86. The van der Waals surface area contributed by atoms with E-state index >= 15 is 0 Å². The van der Waals surface area contributed by atoms with Crippen LogP contribution in [0, 0.1) is 0 Å². The van der Waals surface area contributed by atoms with E-state index in [1.807, 2.05) is 42.5 Å². The Labute approximate surface area is 170 Å². The summed E-state index contributed by atoms with van der Waals surface area (Å²) < 4.78 is 6.11. The number of pyridine rings is 1. The summed E-state index contributed by atoms with van der Waals surface area (Å²) in [7, 11) is 0. The van der Waals surface area contributed by atoms with Crippen LogP contribution in [0.5, 0.6) is 11.6 Å². The van der Waals surface area contributed by atoms with E-state index in [4.69, 9.17) is 4.74 Å². The number of phenols is 1. The molecule has 0 radical (unpaired) electrons. The van der Waals surface area contributed by atoms with Crippen molar-refractivity contribution in [2.45, 2.75) is 50.3 Å². The first kappa shape index (κ1) is 18.1. The maximum atomic E-state index is 10.5. The minimum Gasteiger partial charge on any atom is -0.507 e. The van der Waals surface area contributed by atoms with Gasteiger partial charge in [0, 0.05) is 35.5 Å². The monoisotopic (exact) mass is 388 g/mol. The number of aromatic hydroxyl groups is 1. The molecule has 0 spiro atoms. The van der Waals surface area contributed by atoms with E-state index in [0.717, 1.165) is 24.1 Å². The summed E-state index contributed by atoms with van der Waals surface area (Å²) in [5, 5.41) is 22.7. The molecule has 1 aromatic carbocycles. The molecule has 2 aliphatic heterocycles. The number of hydrogen-bond acceptors (Lipinski definition) is 6. The molecule has 148 valence electrons. The molecule has 6 heteroatoms. The standard InChI is InChI=1S/C23H24N4O2/c28-22-12-15(20-6-1-2-11-24-20)7-8-19(22)21-9-10-23(27-26-21)29-18-13-16-4-3-5-17(14-18)25-16/h1-2,6-12,16-18,25,28H,3-5,13-14H2. The molecule has 2 atom stereocenters. The molecule has 6 nitrogen and oxygen atoms in total. The molecule has 2 fully saturated rings. The van der Waals surface area contributed by atoms with Crippen LogP contribution in [0.3, 0.4) is 0 Å². The largest absolute Gasteiger partial charge is 0.507 e. The minimum absolute atomic E-state index is 0.155. The lowest BCUT2D eigenvalue weighted by Gasteiger charge is -2.39. The van der Waals surface area contributed by atoms with Gasteiger partial charge >= 0.3 is 0 Å². The molecular formula is C23H24N4O2. The second kappa shape index (κ2) is 7.79. The Morgan fingerprint density at radius 3 is 2.48 bits per heavy atom. The van der Waals surface area contributed by atoms with Gasteiger partial charge in [-0.2, -0.15) is 0 Å². The summed E-state index contributed by atoms with van der Waals surface area (Å²) in [6, 6.07) is 16.0. The highest BCUT2D eigenvalue weighted by molar-refractivity contribution is 5.72. The lowest BCUT2D eigenvalue weighted by molar-refractivity contribution is 0.0881. The molecule has 2 aliphatic rings. The zero-order valence-electron chi connectivity index (χ0n) is 16.2. The van der Waals surface area contributed by atoms with Crippen molar-refractivity contribution in [1.82, 2.24) is 20.5 Å². The molecule has 2 bridgehead atoms. The van der Waals surface area contributed by atoms with Crippen molar-refractivity contribution in [3.05, 3.63) is 54.7 Å². The van der Waals surface area contributed by atoms with Crippen LogP contribution >= 0.6 is 0 Å². The van der Waals surface area contributed by atoms with Gasteiger partial charge in [-0.05, 0) is 56.0 Å². The van der Waals surface area contributed by atoms with Crippen LogP contribution in [-0.4, -0.2) is 38.5 Å². The van der Waals surface area contributed by atoms with Crippen LogP contribution in [0.25, 0.3) is 22.5 Å². The van der Waals surface area contributed by atoms with Gasteiger partial charge in [0.05, 0.1) is 11.4 Å². The quantitative estimate of drug-likeness (QED) is 0.704. The summed E-state index contributed by atoms with van der Waals surface area (Å²) in [5.74, 6) is 0.700. The Balaban J connectivity index is 1.30. The highest BCUT2D eigenvalue weighted by atomic mass is 16.5. The van der Waals surface area contributed by atoms with E-state index in [-0.39, 0.29) is 11.9 Å². The van der Waals surface area contributed by atoms with Gasteiger partial charge in [-0.3, -0.25) is 4.98 Å². The van der Waals surface area contributed by atoms with Crippen molar-refractivity contribution in [2.75, 3.05) is 0 Å². The molecule has 2 N–H and O–H groups in total. The SMILES string of the molecule is Oc1cc(-c2ccccn2)ccc1-c1ccc(OC2CC3CCCC(C2)N3)nn1. The first-order chi connectivity index (χ1) is 14.2. The van der Waals surface area contributed by atoms with E-state index in [0.29, 0.717) is 29.2 Å². The molecule has 4 heterocycles. The fraction of sp³-hybridized carbons (Fsp3) is 0.348. The molecule has 0 saturated carbocycles. The summed E-state index contributed by atoms with van der Waals surface area (Å²) >= 11 is 0. The number of benzene rings is 1. The summed E-state index contributed by atoms with van der Waals surface area (Å²) in [4.78, 5) is 4.32. The number of phenolic OH excluding ortho intramolecular Hbond substituents is 1. The number of rotatable bonds is 4. The predicted octanol–water partition coefficient (Wildman–Crippen LogP) is 3.96. The first-order valence-corrected chi connectivity index (χ1v) is 10.3. The van der Waals surface area contributed by atoms with Gasteiger partial charge in [0.1, 0.15) is 11.9 Å². The average molecular weight is 388 g/mol. The number of nitrogens with one attached hydrogen (secondary N) is 1. The highest BCUT2D eigenvalue weighted by Crippen LogP contribution is 2.32. The fourth-order valence-electron chi connectivity index (χ4n) is 4.45. The lowest BCUT2D eigenvalue weighted by Crippen LogP contribution is -2.51. The van der Waals surface area contributed by atoms with Crippen molar-refractivity contribution in [2.24, 2.45) is 0 Å². The lowest BCUT2D eigenvalue weighted by atomic mass is 9.85. The van der Waals surface area contributed by atoms with Crippen molar-refractivity contribution in [3.63, 3.8) is 0 Å². The van der Waals surface area contributed by atoms with Gasteiger partial charge in [-0.1, -0.05) is 18.6 Å². The molecule has 2 unspecified atom stereocenters. The van der Waals surface area contributed by atoms with Crippen molar-refractivity contribution < 1.29 is 9.84 Å². The van der Waals surface area contributed by atoms with Crippen LogP contribution in [0.4, 0.5) is 0 Å². The number of aromatic nitrogens is 3. The maximum absolute atomic E-state index is 10.5. The van der Waals surface area contributed by atoms with Crippen molar-refractivity contribution in [3.8, 4) is 34.1 Å². The minimum atomic E-state index is 0.155. The van der Waals surface area contributed by atoms with Crippen LogP contribution in [-0.2, 0) is 0 Å². The molecular weight excluding hydrogens is 364 g/mol. The summed E-state index contributed by atoms with van der Waals surface area (Å²) in [6.45, 7) is 0. The fourth-order valence-corrected chi connectivity index (χ4v) is 4.45. The van der Waals surface area contributed by atoms with Crippen LogP contribution in [0.1, 0.15) is 32.1 Å². The number of nitrogens with zero attached hydrogens (tertiary/aromatic N) is 3. The van der Waals surface area contributed by atoms with Gasteiger partial charge in [-0.15, -0.1) is 10.2 Å². The van der Waals surface area contributed by atoms with Crippen LogP contribution < -0.4 is 10.1 Å². The number of piperidine rings is 2.